The van der Waals surface area contributed by atoms with Crippen LogP contribution in [0, 0.1) is 11.3 Å². The zero-order chi connectivity index (χ0) is 24.1. The van der Waals surface area contributed by atoms with Crippen LogP contribution in [0.3, 0.4) is 0 Å². The summed E-state index contributed by atoms with van der Waals surface area (Å²) in [6.07, 6.45) is 1.41. The molecule has 4 rings (SSSR count). The number of rotatable bonds is 5. The first-order chi connectivity index (χ1) is 16.3. The molecule has 0 radical (unpaired) electrons. The highest BCUT2D eigenvalue weighted by Crippen LogP contribution is 2.23. The smallest absolute Gasteiger partial charge is 0.410 e. The van der Waals surface area contributed by atoms with E-state index in [0.717, 1.165) is 40.6 Å². The summed E-state index contributed by atoms with van der Waals surface area (Å²) in [5, 5.41) is 14.8. The van der Waals surface area contributed by atoms with E-state index >= 15 is 0 Å². The van der Waals surface area contributed by atoms with E-state index in [4.69, 9.17) is 14.7 Å². The lowest BCUT2D eigenvalue weighted by molar-refractivity contribution is 0.0126. The van der Waals surface area contributed by atoms with Gasteiger partial charge in [-0.05, 0) is 79.6 Å². The molecule has 1 amide bonds. The lowest BCUT2D eigenvalue weighted by Crippen LogP contribution is -2.44. The second kappa shape index (κ2) is 10.0. The largest absolute Gasteiger partial charge is 0.490 e. The Balaban J connectivity index is 1.27. The molecule has 34 heavy (non-hydrogen) atoms. The molecule has 0 bridgehead atoms. The Morgan fingerprint density at radius 2 is 1.74 bits per heavy atom. The van der Waals surface area contributed by atoms with Gasteiger partial charge in [-0.1, -0.05) is 18.2 Å². The van der Waals surface area contributed by atoms with Crippen molar-refractivity contribution in [3.05, 3.63) is 71.8 Å². The molecular formula is C28H31N3O3. The van der Waals surface area contributed by atoms with Crippen LogP contribution in [0.5, 0.6) is 5.75 Å². The summed E-state index contributed by atoms with van der Waals surface area (Å²) in [4.78, 5) is 14.0. The van der Waals surface area contributed by atoms with Crippen molar-refractivity contribution in [3.63, 3.8) is 0 Å². The molecule has 6 heteroatoms. The maximum atomic E-state index is 12.2. The number of likely N-dealkylation sites (tertiary alicyclic amines) is 1. The molecule has 0 saturated carbocycles. The van der Waals surface area contributed by atoms with Crippen LogP contribution in [0.15, 0.2) is 60.7 Å². The van der Waals surface area contributed by atoms with Crippen LogP contribution in [0.1, 0.15) is 44.7 Å². The lowest BCUT2D eigenvalue weighted by Gasteiger charge is -2.33. The summed E-state index contributed by atoms with van der Waals surface area (Å²) in [6.45, 7) is 7.61. The van der Waals surface area contributed by atoms with E-state index in [9.17, 15) is 4.79 Å². The number of fused-ring (bicyclic) bond motifs is 1. The number of hydrogen-bond donors (Lipinski definition) is 1. The van der Waals surface area contributed by atoms with E-state index in [0.29, 0.717) is 25.2 Å². The Bertz CT molecular complexity index is 1180. The number of carbonyl (C=O) groups is 1. The van der Waals surface area contributed by atoms with E-state index < -0.39 is 5.60 Å². The number of benzene rings is 3. The highest BCUT2D eigenvalue weighted by molar-refractivity contribution is 5.84. The van der Waals surface area contributed by atoms with Gasteiger partial charge in [0, 0.05) is 38.2 Å². The molecule has 1 heterocycles. The highest BCUT2D eigenvalue weighted by atomic mass is 16.6. The number of carbonyl (C=O) groups excluding carboxylic acids is 1. The minimum atomic E-state index is -0.477. The zero-order valence-electron chi connectivity index (χ0n) is 20.0. The third-order valence-corrected chi connectivity index (χ3v) is 5.78. The van der Waals surface area contributed by atoms with Crippen LogP contribution < -0.4 is 10.1 Å². The van der Waals surface area contributed by atoms with Crippen molar-refractivity contribution >= 4 is 22.6 Å². The van der Waals surface area contributed by atoms with Crippen molar-refractivity contribution in [2.45, 2.75) is 51.9 Å². The Kier molecular flexibility index (Phi) is 6.93. The van der Waals surface area contributed by atoms with Crippen molar-refractivity contribution in [1.29, 1.82) is 5.26 Å². The number of nitrogens with zero attached hydrogens (tertiary/aromatic N) is 2. The standard InChI is InChI=1S/C28H31N3O3/c1-28(2,3)34-27(32)31-14-12-26(13-15-31)33-25-10-8-24(9-11-25)30-19-21-5-7-22-6-4-20(18-29)16-23(22)17-21/h4-11,16-17,26,30H,12-15,19H2,1-3H3. The maximum absolute atomic E-state index is 12.2. The molecule has 176 valence electrons. The summed E-state index contributed by atoms with van der Waals surface area (Å²) in [6, 6.07) is 22.2. The van der Waals surface area contributed by atoms with Crippen molar-refractivity contribution < 1.29 is 14.3 Å². The third-order valence-electron chi connectivity index (χ3n) is 5.78. The van der Waals surface area contributed by atoms with Crippen LogP contribution in [0.2, 0.25) is 0 Å². The lowest BCUT2D eigenvalue weighted by atomic mass is 10.0. The van der Waals surface area contributed by atoms with Crippen molar-refractivity contribution in [1.82, 2.24) is 4.90 Å². The second-order valence-corrected chi connectivity index (χ2v) is 9.67. The molecule has 1 N–H and O–H groups in total. The third kappa shape index (κ3) is 6.20. The van der Waals surface area contributed by atoms with Gasteiger partial charge in [0.25, 0.3) is 0 Å². The summed E-state index contributed by atoms with van der Waals surface area (Å²) < 4.78 is 11.6. The molecule has 0 aliphatic carbocycles. The first kappa shape index (κ1) is 23.4. The predicted molar refractivity (Wildman–Crippen MR) is 134 cm³/mol. The molecule has 3 aromatic carbocycles. The fraction of sp³-hybridized carbons (Fsp3) is 0.357. The molecule has 0 atom stereocenters. The zero-order valence-corrected chi connectivity index (χ0v) is 20.0. The number of ether oxygens (including phenoxy) is 2. The van der Waals surface area contributed by atoms with Gasteiger partial charge in [-0.25, -0.2) is 4.79 Å². The number of piperidine rings is 1. The molecule has 1 saturated heterocycles. The normalized spacial score (nSPS) is 14.5. The Morgan fingerprint density at radius 1 is 1.03 bits per heavy atom. The van der Waals surface area contributed by atoms with E-state index in [1.54, 1.807) is 4.90 Å². The van der Waals surface area contributed by atoms with Gasteiger partial charge < -0.3 is 19.7 Å². The van der Waals surface area contributed by atoms with Gasteiger partial charge in [0.2, 0.25) is 0 Å². The van der Waals surface area contributed by atoms with Crippen LogP contribution in [0.4, 0.5) is 10.5 Å². The van der Waals surface area contributed by atoms with Crippen LogP contribution >= 0.6 is 0 Å². The summed E-state index contributed by atoms with van der Waals surface area (Å²) in [5.41, 5.74) is 2.36. The van der Waals surface area contributed by atoms with Gasteiger partial charge in [0.1, 0.15) is 17.5 Å². The molecule has 1 aliphatic rings. The van der Waals surface area contributed by atoms with Crippen LogP contribution in [0.25, 0.3) is 10.8 Å². The average Bonchev–Trinajstić information content (AvgIpc) is 2.82. The van der Waals surface area contributed by atoms with Crippen LogP contribution in [-0.2, 0) is 11.3 Å². The molecule has 6 nitrogen and oxygen atoms in total. The summed E-state index contributed by atoms with van der Waals surface area (Å²) in [5.74, 6) is 0.830. The van der Waals surface area contributed by atoms with Crippen molar-refractivity contribution in [3.8, 4) is 11.8 Å². The van der Waals surface area contributed by atoms with Gasteiger partial charge in [-0.3, -0.25) is 0 Å². The van der Waals surface area contributed by atoms with Gasteiger partial charge >= 0.3 is 6.09 Å². The fourth-order valence-electron chi connectivity index (χ4n) is 4.01. The summed E-state index contributed by atoms with van der Waals surface area (Å²) >= 11 is 0. The SMILES string of the molecule is CC(C)(C)OC(=O)N1CCC(Oc2ccc(NCc3ccc4ccc(C#N)cc4c3)cc2)CC1. The van der Waals surface area contributed by atoms with E-state index in [2.05, 4.69) is 29.6 Å². The predicted octanol–water partition coefficient (Wildman–Crippen LogP) is 6.10. The molecule has 0 aromatic heterocycles. The molecule has 0 unspecified atom stereocenters. The molecule has 3 aromatic rings. The molecule has 0 spiro atoms. The minimum Gasteiger partial charge on any atom is -0.490 e. The second-order valence-electron chi connectivity index (χ2n) is 9.67. The quantitative estimate of drug-likeness (QED) is 0.501. The van der Waals surface area contributed by atoms with E-state index in [1.807, 2.05) is 63.2 Å². The van der Waals surface area contributed by atoms with Gasteiger partial charge in [-0.2, -0.15) is 5.26 Å². The number of nitrogens with one attached hydrogen (secondary N) is 1. The topological polar surface area (TPSA) is 74.6 Å². The molecule has 1 fully saturated rings. The Morgan fingerprint density at radius 3 is 2.41 bits per heavy atom. The minimum absolute atomic E-state index is 0.0911. The Hall–Kier alpha value is -3.72. The molecule has 1 aliphatic heterocycles. The van der Waals surface area contributed by atoms with Gasteiger partial charge in [-0.15, -0.1) is 0 Å². The monoisotopic (exact) mass is 457 g/mol. The fourth-order valence-corrected chi connectivity index (χ4v) is 4.01. The Labute approximate surface area is 201 Å². The number of nitriles is 1. The van der Waals surface area contributed by atoms with E-state index in [1.165, 1.54) is 0 Å². The van der Waals surface area contributed by atoms with Gasteiger partial charge in [0.15, 0.2) is 0 Å². The average molecular weight is 458 g/mol. The molecular weight excluding hydrogens is 426 g/mol. The first-order valence-corrected chi connectivity index (χ1v) is 11.7. The maximum Gasteiger partial charge on any atom is 0.410 e. The van der Waals surface area contributed by atoms with Crippen LogP contribution in [-0.4, -0.2) is 35.8 Å². The van der Waals surface area contributed by atoms with Crippen molar-refractivity contribution in [2.24, 2.45) is 0 Å². The summed E-state index contributed by atoms with van der Waals surface area (Å²) in [7, 11) is 0. The van der Waals surface area contributed by atoms with E-state index in [-0.39, 0.29) is 12.2 Å². The highest BCUT2D eigenvalue weighted by Gasteiger charge is 2.27. The van der Waals surface area contributed by atoms with Crippen molar-refractivity contribution in [2.75, 3.05) is 18.4 Å². The number of amides is 1. The first-order valence-electron chi connectivity index (χ1n) is 11.7. The van der Waals surface area contributed by atoms with Gasteiger partial charge in [0.05, 0.1) is 11.6 Å². The number of anilines is 1. The number of hydrogen-bond acceptors (Lipinski definition) is 5.